The van der Waals surface area contributed by atoms with Crippen LogP contribution in [0.25, 0.3) is 0 Å². The molecule has 0 bridgehead atoms. The smallest absolute Gasteiger partial charge is 0.323 e. The molecule has 0 amide bonds. The summed E-state index contributed by atoms with van der Waals surface area (Å²) in [5, 5.41) is 0. The number of ether oxygens (including phenoxy) is 3. The monoisotopic (exact) mass is 248 g/mol. The minimum absolute atomic E-state index is 0.0544. The van der Waals surface area contributed by atoms with Crippen LogP contribution in [0.2, 0.25) is 0 Å². The van der Waals surface area contributed by atoms with Crippen molar-refractivity contribution in [3.8, 4) is 17.8 Å². The first-order valence-corrected chi connectivity index (χ1v) is 5.14. The first-order valence-electron chi connectivity index (χ1n) is 5.14. The fraction of sp³-hybridized carbons (Fsp3) is 0.600. The maximum atomic E-state index is 12.7. The minimum atomic E-state index is -1.55. The van der Waals surface area contributed by atoms with Crippen molar-refractivity contribution in [2.75, 3.05) is 6.61 Å². The molecule has 0 saturated heterocycles. The predicted molar refractivity (Wildman–Crippen MR) is 55.6 cm³/mol. The minimum Gasteiger partial charge on any atom is -0.464 e. The second-order valence-corrected chi connectivity index (χ2v) is 3.08. The molecule has 0 aliphatic heterocycles. The van der Waals surface area contributed by atoms with E-state index in [1.54, 1.807) is 6.92 Å². The molecular weight excluding hydrogens is 234 g/mol. The van der Waals surface area contributed by atoms with Crippen LogP contribution < -0.4 is 14.2 Å². The van der Waals surface area contributed by atoms with E-state index in [-0.39, 0.29) is 17.8 Å². The summed E-state index contributed by atoms with van der Waals surface area (Å²) >= 11 is 0. The third kappa shape index (κ3) is 4.80. The number of aromatic nitrogens is 2. The Morgan fingerprint density at radius 1 is 1.12 bits per heavy atom. The van der Waals surface area contributed by atoms with E-state index < -0.39 is 12.7 Å². The molecule has 0 aliphatic rings. The van der Waals surface area contributed by atoms with Crippen molar-refractivity contribution in [1.29, 1.82) is 0 Å². The van der Waals surface area contributed by atoms with Gasteiger partial charge in [-0.3, -0.25) is 0 Å². The first-order chi connectivity index (χ1) is 8.01. The molecule has 0 N–H and O–H groups in total. The number of hydrogen-bond acceptors (Lipinski definition) is 5. The molecule has 1 aromatic rings. The van der Waals surface area contributed by atoms with Gasteiger partial charge in [-0.05, 0) is 6.92 Å². The maximum absolute atomic E-state index is 12.7. The molecule has 17 heavy (non-hydrogen) atoms. The van der Waals surface area contributed by atoms with E-state index in [9.17, 15) is 8.78 Å². The molecule has 0 saturated carbocycles. The van der Waals surface area contributed by atoms with Gasteiger partial charge in [0.1, 0.15) is 0 Å². The van der Waals surface area contributed by atoms with Gasteiger partial charge in [-0.25, -0.2) is 8.78 Å². The summed E-state index contributed by atoms with van der Waals surface area (Å²) in [5.74, 6) is -0.150. The number of halogens is 2. The largest absolute Gasteiger partial charge is 0.464 e. The van der Waals surface area contributed by atoms with Crippen molar-refractivity contribution >= 4 is 0 Å². The van der Waals surface area contributed by atoms with Crippen molar-refractivity contribution in [3.05, 3.63) is 6.07 Å². The summed E-state index contributed by atoms with van der Waals surface area (Å²) in [6, 6.07) is 1.13. The molecule has 96 valence electrons. The Labute approximate surface area is 97.7 Å². The molecule has 1 rings (SSSR count). The topological polar surface area (TPSA) is 53.5 Å². The molecule has 0 spiro atoms. The van der Waals surface area contributed by atoms with Crippen molar-refractivity contribution in [2.45, 2.75) is 33.5 Å². The van der Waals surface area contributed by atoms with Crippen LogP contribution in [-0.2, 0) is 0 Å². The number of rotatable bonds is 6. The summed E-state index contributed by atoms with van der Waals surface area (Å²) in [5.41, 5.74) is 0. The molecule has 2 unspecified atom stereocenters. The van der Waals surface area contributed by atoms with Gasteiger partial charge in [0.2, 0.25) is 24.5 Å². The molecule has 1 heterocycles. The first kappa shape index (κ1) is 13.4. The Morgan fingerprint density at radius 2 is 1.59 bits per heavy atom. The Morgan fingerprint density at radius 3 is 1.94 bits per heavy atom. The molecule has 2 atom stereocenters. The molecule has 5 nitrogen and oxygen atoms in total. The molecular formula is C10H14F2N2O3. The van der Waals surface area contributed by atoms with Crippen molar-refractivity contribution in [2.24, 2.45) is 0 Å². The summed E-state index contributed by atoms with van der Waals surface area (Å²) in [7, 11) is 0. The van der Waals surface area contributed by atoms with Crippen LogP contribution in [0.1, 0.15) is 20.8 Å². The zero-order valence-corrected chi connectivity index (χ0v) is 9.81. The van der Waals surface area contributed by atoms with E-state index in [0.717, 1.165) is 0 Å². The Kier molecular flexibility index (Phi) is 4.86. The molecule has 0 aliphatic carbocycles. The van der Waals surface area contributed by atoms with Gasteiger partial charge >= 0.3 is 6.01 Å². The lowest BCUT2D eigenvalue weighted by molar-refractivity contribution is 0.0700. The molecule has 7 heteroatoms. The van der Waals surface area contributed by atoms with E-state index in [1.807, 2.05) is 0 Å². The SMILES string of the molecule is CCOc1nc(OC(C)F)cc(OC(C)F)n1. The zero-order valence-electron chi connectivity index (χ0n) is 9.81. The predicted octanol–water partition coefficient (Wildman–Crippen LogP) is 2.26. The third-order valence-corrected chi connectivity index (χ3v) is 1.50. The Bertz CT molecular complexity index is 333. The fourth-order valence-electron chi connectivity index (χ4n) is 1.03. The lowest BCUT2D eigenvalue weighted by Crippen LogP contribution is -2.10. The average Bonchev–Trinajstić information content (AvgIpc) is 2.14. The number of nitrogens with zero attached hydrogens (tertiary/aromatic N) is 2. The van der Waals surface area contributed by atoms with E-state index >= 15 is 0 Å². The Hall–Kier alpha value is -1.66. The maximum Gasteiger partial charge on any atom is 0.323 e. The van der Waals surface area contributed by atoms with Crippen LogP contribution in [-0.4, -0.2) is 29.3 Å². The molecule has 1 aromatic heterocycles. The normalized spacial score (nSPS) is 13.9. The van der Waals surface area contributed by atoms with Crippen molar-refractivity contribution < 1.29 is 23.0 Å². The van der Waals surface area contributed by atoms with Gasteiger partial charge in [-0.15, -0.1) is 0 Å². The van der Waals surface area contributed by atoms with Gasteiger partial charge < -0.3 is 14.2 Å². The van der Waals surface area contributed by atoms with Crippen LogP contribution in [0.15, 0.2) is 6.07 Å². The highest BCUT2D eigenvalue weighted by atomic mass is 19.1. The lowest BCUT2D eigenvalue weighted by atomic mass is 10.6. The van der Waals surface area contributed by atoms with Gasteiger partial charge in [0.15, 0.2) is 0 Å². The van der Waals surface area contributed by atoms with Crippen LogP contribution in [0.4, 0.5) is 8.78 Å². The molecule has 0 radical (unpaired) electrons. The highest BCUT2D eigenvalue weighted by molar-refractivity contribution is 5.23. The molecule has 0 aromatic carbocycles. The number of hydrogen-bond donors (Lipinski definition) is 0. The van der Waals surface area contributed by atoms with E-state index in [2.05, 4.69) is 9.97 Å². The zero-order chi connectivity index (χ0) is 12.8. The van der Waals surface area contributed by atoms with E-state index in [4.69, 9.17) is 14.2 Å². The third-order valence-electron chi connectivity index (χ3n) is 1.50. The summed E-state index contributed by atoms with van der Waals surface area (Å²) in [4.78, 5) is 7.55. The van der Waals surface area contributed by atoms with Gasteiger partial charge in [0.05, 0.1) is 12.7 Å². The summed E-state index contributed by atoms with van der Waals surface area (Å²) in [6.07, 6.45) is -3.09. The average molecular weight is 248 g/mol. The van der Waals surface area contributed by atoms with Crippen LogP contribution in [0.5, 0.6) is 17.8 Å². The summed E-state index contributed by atoms with van der Waals surface area (Å²) < 4.78 is 39.8. The van der Waals surface area contributed by atoms with Crippen molar-refractivity contribution in [1.82, 2.24) is 9.97 Å². The van der Waals surface area contributed by atoms with Crippen LogP contribution in [0, 0.1) is 0 Å². The second kappa shape index (κ2) is 6.17. The Balaban J connectivity index is 2.91. The summed E-state index contributed by atoms with van der Waals surface area (Å²) in [6.45, 7) is 4.44. The van der Waals surface area contributed by atoms with Crippen molar-refractivity contribution in [3.63, 3.8) is 0 Å². The highest BCUT2D eigenvalue weighted by Gasteiger charge is 2.11. The molecule has 0 fully saturated rings. The van der Waals surface area contributed by atoms with Gasteiger partial charge in [0.25, 0.3) is 0 Å². The van der Waals surface area contributed by atoms with Gasteiger partial charge in [0, 0.05) is 13.8 Å². The quantitative estimate of drug-likeness (QED) is 0.772. The van der Waals surface area contributed by atoms with Crippen LogP contribution >= 0.6 is 0 Å². The highest BCUT2D eigenvalue weighted by Crippen LogP contribution is 2.21. The second-order valence-electron chi connectivity index (χ2n) is 3.08. The fourth-order valence-corrected chi connectivity index (χ4v) is 1.03. The lowest BCUT2D eigenvalue weighted by Gasteiger charge is -2.11. The van der Waals surface area contributed by atoms with Gasteiger partial charge in [-0.1, -0.05) is 0 Å². The van der Waals surface area contributed by atoms with E-state index in [1.165, 1.54) is 19.9 Å². The van der Waals surface area contributed by atoms with Crippen LogP contribution in [0.3, 0.4) is 0 Å². The van der Waals surface area contributed by atoms with E-state index in [0.29, 0.717) is 6.61 Å². The number of alkyl halides is 2. The van der Waals surface area contributed by atoms with Gasteiger partial charge in [-0.2, -0.15) is 9.97 Å². The standard InChI is InChI=1S/C10H14F2N2O3/c1-4-15-10-13-8(16-6(2)11)5-9(14-10)17-7(3)12/h5-7H,4H2,1-3H3.